The van der Waals surface area contributed by atoms with Gasteiger partial charge in [-0.2, -0.15) is 0 Å². The van der Waals surface area contributed by atoms with Crippen LogP contribution in [0.5, 0.6) is 0 Å². The summed E-state index contributed by atoms with van der Waals surface area (Å²) in [6.45, 7) is 5.32. The van der Waals surface area contributed by atoms with Crippen molar-refractivity contribution >= 4 is 16.8 Å². The summed E-state index contributed by atoms with van der Waals surface area (Å²) in [4.78, 5) is 10.5. The Morgan fingerprint density at radius 1 is 1.50 bits per heavy atom. The van der Waals surface area contributed by atoms with Gasteiger partial charge in [-0.3, -0.25) is 9.00 Å². The van der Waals surface area contributed by atoms with E-state index in [1.165, 1.54) is 6.92 Å². The molecular formula is C8H16O3S. The summed E-state index contributed by atoms with van der Waals surface area (Å²) in [6, 6.07) is 0. The first kappa shape index (κ1) is 11.6. The maximum absolute atomic E-state index is 11.4. The summed E-state index contributed by atoms with van der Waals surface area (Å²) in [6.07, 6.45) is 1.77. The minimum atomic E-state index is -1.24. The SMILES string of the molecule is CCCC(C)S(=O)C(C)C(=O)O. The average Bonchev–Trinajstić information content (AvgIpc) is 2.02. The average molecular weight is 192 g/mol. The van der Waals surface area contributed by atoms with Crippen molar-refractivity contribution in [1.82, 2.24) is 0 Å². The van der Waals surface area contributed by atoms with E-state index in [1.807, 2.05) is 13.8 Å². The normalized spacial score (nSPS) is 18.2. The molecule has 72 valence electrons. The highest BCUT2D eigenvalue weighted by molar-refractivity contribution is 7.87. The first-order valence-corrected chi connectivity index (χ1v) is 5.40. The van der Waals surface area contributed by atoms with E-state index < -0.39 is 22.0 Å². The molecular weight excluding hydrogens is 176 g/mol. The molecule has 0 bridgehead atoms. The lowest BCUT2D eigenvalue weighted by Gasteiger charge is -2.12. The lowest BCUT2D eigenvalue weighted by atomic mass is 10.3. The molecule has 0 saturated carbocycles. The minimum Gasteiger partial charge on any atom is -0.480 e. The van der Waals surface area contributed by atoms with Crippen molar-refractivity contribution in [3.05, 3.63) is 0 Å². The summed E-state index contributed by atoms with van der Waals surface area (Å²) in [5.74, 6) is -0.976. The Morgan fingerprint density at radius 3 is 2.33 bits per heavy atom. The van der Waals surface area contributed by atoms with Crippen LogP contribution < -0.4 is 0 Å². The topological polar surface area (TPSA) is 54.4 Å². The standard InChI is InChI=1S/C8H16O3S/c1-4-5-6(2)12(11)7(3)8(9)10/h6-7H,4-5H2,1-3H3,(H,9,10). The van der Waals surface area contributed by atoms with Gasteiger partial charge in [-0.05, 0) is 13.3 Å². The van der Waals surface area contributed by atoms with Gasteiger partial charge in [0.25, 0.3) is 0 Å². The van der Waals surface area contributed by atoms with Gasteiger partial charge in [0.05, 0.1) is 0 Å². The summed E-state index contributed by atoms with van der Waals surface area (Å²) in [5.41, 5.74) is 0. The number of rotatable bonds is 5. The van der Waals surface area contributed by atoms with Crippen LogP contribution in [-0.4, -0.2) is 25.8 Å². The molecule has 12 heavy (non-hydrogen) atoms. The zero-order valence-electron chi connectivity index (χ0n) is 7.74. The van der Waals surface area contributed by atoms with Crippen molar-refractivity contribution in [2.45, 2.75) is 44.1 Å². The minimum absolute atomic E-state index is 0.0129. The van der Waals surface area contributed by atoms with E-state index in [4.69, 9.17) is 5.11 Å². The van der Waals surface area contributed by atoms with Gasteiger partial charge in [0, 0.05) is 16.0 Å². The van der Waals surface area contributed by atoms with E-state index in [9.17, 15) is 9.00 Å². The lowest BCUT2D eigenvalue weighted by Crippen LogP contribution is -2.28. The van der Waals surface area contributed by atoms with E-state index in [2.05, 4.69) is 0 Å². The predicted molar refractivity (Wildman–Crippen MR) is 49.6 cm³/mol. The Labute approximate surface area is 75.6 Å². The molecule has 0 radical (unpaired) electrons. The molecule has 0 aliphatic heterocycles. The molecule has 0 aliphatic carbocycles. The fraction of sp³-hybridized carbons (Fsp3) is 0.875. The van der Waals surface area contributed by atoms with Crippen molar-refractivity contribution < 1.29 is 14.1 Å². The maximum atomic E-state index is 11.4. The molecule has 3 unspecified atom stereocenters. The van der Waals surface area contributed by atoms with E-state index in [1.54, 1.807) is 0 Å². The number of carboxylic acids is 1. The molecule has 0 aromatic heterocycles. The molecule has 0 rings (SSSR count). The summed E-state index contributed by atoms with van der Waals surface area (Å²) in [5, 5.41) is 7.82. The van der Waals surface area contributed by atoms with E-state index in [-0.39, 0.29) is 5.25 Å². The van der Waals surface area contributed by atoms with E-state index in [0.717, 1.165) is 12.8 Å². The Morgan fingerprint density at radius 2 is 2.00 bits per heavy atom. The molecule has 0 saturated heterocycles. The number of carboxylic acid groups (broad SMARTS) is 1. The fourth-order valence-electron chi connectivity index (χ4n) is 0.971. The smallest absolute Gasteiger partial charge is 0.318 e. The zero-order chi connectivity index (χ0) is 9.72. The van der Waals surface area contributed by atoms with Crippen molar-refractivity contribution in [3.8, 4) is 0 Å². The molecule has 3 nitrogen and oxygen atoms in total. The molecule has 4 heteroatoms. The summed E-state index contributed by atoms with van der Waals surface area (Å²) >= 11 is 0. The van der Waals surface area contributed by atoms with Gasteiger partial charge in [-0.1, -0.05) is 20.3 Å². The van der Waals surface area contributed by atoms with Gasteiger partial charge in [-0.15, -0.1) is 0 Å². The summed E-state index contributed by atoms with van der Waals surface area (Å²) < 4.78 is 11.4. The number of carbonyl (C=O) groups is 1. The first-order chi connectivity index (χ1) is 5.50. The van der Waals surface area contributed by atoms with Gasteiger partial charge in [0.15, 0.2) is 0 Å². The van der Waals surface area contributed by atoms with Crippen LogP contribution >= 0.6 is 0 Å². The quantitative estimate of drug-likeness (QED) is 0.716. The highest BCUT2D eigenvalue weighted by Crippen LogP contribution is 2.09. The van der Waals surface area contributed by atoms with Gasteiger partial charge >= 0.3 is 5.97 Å². The van der Waals surface area contributed by atoms with Crippen LogP contribution in [0.2, 0.25) is 0 Å². The molecule has 0 aliphatic rings. The molecule has 0 heterocycles. The lowest BCUT2D eigenvalue weighted by molar-refractivity contribution is -0.136. The first-order valence-electron chi connectivity index (χ1n) is 4.12. The van der Waals surface area contributed by atoms with Crippen molar-refractivity contribution in [2.75, 3.05) is 0 Å². The highest BCUT2D eigenvalue weighted by Gasteiger charge is 2.22. The molecule has 0 aromatic carbocycles. The third-order valence-electron chi connectivity index (χ3n) is 1.79. The number of hydrogen-bond acceptors (Lipinski definition) is 2. The third kappa shape index (κ3) is 3.34. The second-order valence-electron chi connectivity index (χ2n) is 2.91. The van der Waals surface area contributed by atoms with Crippen LogP contribution in [0.4, 0.5) is 0 Å². The maximum Gasteiger partial charge on any atom is 0.318 e. The van der Waals surface area contributed by atoms with Gasteiger partial charge in [0.1, 0.15) is 5.25 Å². The fourth-order valence-corrected chi connectivity index (χ4v) is 2.33. The van der Waals surface area contributed by atoms with Gasteiger partial charge in [-0.25, -0.2) is 0 Å². The summed E-state index contributed by atoms with van der Waals surface area (Å²) in [7, 11) is -1.24. The van der Waals surface area contributed by atoms with Crippen LogP contribution in [0.1, 0.15) is 33.6 Å². The van der Waals surface area contributed by atoms with E-state index >= 15 is 0 Å². The Balaban J connectivity index is 4.09. The van der Waals surface area contributed by atoms with Crippen LogP contribution in [0.25, 0.3) is 0 Å². The Kier molecular flexibility index (Phi) is 5.13. The van der Waals surface area contributed by atoms with Crippen LogP contribution in [-0.2, 0) is 15.6 Å². The Bertz CT molecular complexity index is 179. The Hall–Kier alpha value is -0.380. The second-order valence-corrected chi connectivity index (χ2v) is 5.08. The second kappa shape index (κ2) is 5.30. The number of hydrogen-bond donors (Lipinski definition) is 1. The number of aliphatic carboxylic acids is 1. The van der Waals surface area contributed by atoms with Crippen molar-refractivity contribution in [2.24, 2.45) is 0 Å². The molecule has 0 fully saturated rings. The largest absolute Gasteiger partial charge is 0.480 e. The highest BCUT2D eigenvalue weighted by atomic mass is 32.2. The van der Waals surface area contributed by atoms with Crippen LogP contribution in [0.3, 0.4) is 0 Å². The van der Waals surface area contributed by atoms with Crippen LogP contribution in [0, 0.1) is 0 Å². The van der Waals surface area contributed by atoms with Crippen molar-refractivity contribution in [3.63, 3.8) is 0 Å². The van der Waals surface area contributed by atoms with Crippen molar-refractivity contribution in [1.29, 1.82) is 0 Å². The molecule has 3 atom stereocenters. The van der Waals surface area contributed by atoms with Gasteiger partial charge < -0.3 is 5.11 Å². The molecule has 0 spiro atoms. The predicted octanol–water partition coefficient (Wildman–Crippen LogP) is 1.40. The molecule has 1 N–H and O–H groups in total. The van der Waals surface area contributed by atoms with E-state index in [0.29, 0.717) is 0 Å². The third-order valence-corrected chi connectivity index (χ3v) is 3.72. The molecule has 0 amide bonds. The monoisotopic (exact) mass is 192 g/mol. The van der Waals surface area contributed by atoms with Crippen LogP contribution in [0.15, 0.2) is 0 Å². The molecule has 0 aromatic rings. The zero-order valence-corrected chi connectivity index (χ0v) is 8.56. The van der Waals surface area contributed by atoms with Gasteiger partial charge in [0.2, 0.25) is 0 Å².